The van der Waals surface area contributed by atoms with Crippen molar-refractivity contribution in [1.82, 2.24) is 4.90 Å². The Morgan fingerprint density at radius 3 is 2.19 bits per heavy atom. The molecule has 4 nitrogen and oxygen atoms in total. The van der Waals surface area contributed by atoms with Crippen LogP contribution in [0.15, 0.2) is 48.2 Å². The van der Waals surface area contributed by atoms with Gasteiger partial charge in [-0.1, -0.05) is 41.4 Å². The largest absolute Gasteiger partial charge is 0.350 e. The average Bonchev–Trinajstić information content (AvgIpc) is 2.81. The second-order valence-electron chi connectivity index (χ2n) is 6.77. The van der Waals surface area contributed by atoms with Crippen molar-refractivity contribution in [2.75, 3.05) is 5.32 Å². The number of nitrogens with zero attached hydrogens (tertiary/aromatic N) is 1. The van der Waals surface area contributed by atoms with E-state index in [-0.39, 0.29) is 17.9 Å². The fraction of sp³-hybridized carbons (Fsp3) is 0.238. The number of imide groups is 1. The highest BCUT2D eigenvalue weighted by Crippen LogP contribution is 2.33. The van der Waals surface area contributed by atoms with E-state index in [1.54, 1.807) is 24.3 Å². The van der Waals surface area contributed by atoms with Gasteiger partial charge >= 0.3 is 0 Å². The van der Waals surface area contributed by atoms with Crippen LogP contribution in [0, 0.1) is 13.8 Å². The van der Waals surface area contributed by atoms with Crippen molar-refractivity contribution in [3.63, 3.8) is 0 Å². The summed E-state index contributed by atoms with van der Waals surface area (Å²) in [6.07, 6.45) is 0. The Labute approximate surface area is 158 Å². The van der Waals surface area contributed by atoms with E-state index in [0.29, 0.717) is 21.9 Å². The number of hydrogen-bond acceptors (Lipinski definition) is 3. The quantitative estimate of drug-likeness (QED) is 0.805. The maximum Gasteiger partial charge on any atom is 0.278 e. The second-order valence-corrected chi connectivity index (χ2v) is 7.21. The SMILES string of the molecule is Cc1ccc(NC2=C(c3ccc(Cl)cc3)C(=O)N(C(C)C)C2=O)c(C)c1. The van der Waals surface area contributed by atoms with Gasteiger partial charge in [0.05, 0.1) is 5.57 Å². The van der Waals surface area contributed by atoms with Crippen molar-refractivity contribution in [3.8, 4) is 0 Å². The van der Waals surface area contributed by atoms with E-state index in [0.717, 1.165) is 16.8 Å². The molecule has 2 amide bonds. The standard InChI is InChI=1S/C21H21ClN2O2/c1-12(2)24-20(25)18(15-6-8-16(22)9-7-15)19(21(24)26)23-17-10-5-13(3)11-14(17)4/h5-12,23H,1-4H3. The van der Waals surface area contributed by atoms with E-state index in [9.17, 15) is 9.59 Å². The third-order valence-corrected chi connectivity index (χ3v) is 4.66. The first-order valence-corrected chi connectivity index (χ1v) is 8.89. The number of halogens is 1. The zero-order valence-corrected chi connectivity index (χ0v) is 16.0. The third-order valence-electron chi connectivity index (χ3n) is 4.41. The molecule has 2 aromatic carbocycles. The number of aryl methyl sites for hydroxylation is 2. The minimum Gasteiger partial charge on any atom is -0.350 e. The van der Waals surface area contributed by atoms with Crippen LogP contribution in [0.4, 0.5) is 5.69 Å². The van der Waals surface area contributed by atoms with Gasteiger partial charge in [0.15, 0.2) is 0 Å². The van der Waals surface area contributed by atoms with E-state index >= 15 is 0 Å². The van der Waals surface area contributed by atoms with Crippen molar-refractivity contribution in [2.24, 2.45) is 0 Å². The smallest absolute Gasteiger partial charge is 0.278 e. The summed E-state index contributed by atoms with van der Waals surface area (Å²) in [4.78, 5) is 27.2. The molecule has 5 heteroatoms. The van der Waals surface area contributed by atoms with Crippen molar-refractivity contribution in [2.45, 2.75) is 33.7 Å². The molecule has 1 N–H and O–H groups in total. The van der Waals surface area contributed by atoms with E-state index in [1.165, 1.54) is 4.90 Å². The lowest BCUT2D eigenvalue weighted by molar-refractivity contribution is -0.138. The van der Waals surface area contributed by atoms with Crippen LogP contribution < -0.4 is 5.32 Å². The van der Waals surface area contributed by atoms with Crippen molar-refractivity contribution < 1.29 is 9.59 Å². The van der Waals surface area contributed by atoms with Crippen molar-refractivity contribution in [3.05, 3.63) is 69.9 Å². The van der Waals surface area contributed by atoms with Gasteiger partial charge in [0.1, 0.15) is 5.70 Å². The molecule has 0 spiro atoms. The molecule has 0 fully saturated rings. The number of hydrogen-bond donors (Lipinski definition) is 1. The summed E-state index contributed by atoms with van der Waals surface area (Å²) < 4.78 is 0. The third kappa shape index (κ3) is 3.25. The van der Waals surface area contributed by atoms with Gasteiger partial charge in [-0.25, -0.2) is 0 Å². The van der Waals surface area contributed by atoms with Gasteiger partial charge in [0.2, 0.25) is 0 Å². The lowest BCUT2D eigenvalue weighted by Gasteiger charge is -2.19. The van der Waals surface area contributed by atoms with Crippen LogP contribution in [-0.2, 0) is 9.59 Å². The van der Waals surface area contributed by atoms with Gasteiger partial charge in [-0.3, -0.25) is 14.5 Å². The summed E-state index contributed by atoms with van der Waals surface area (Å²) in [6, 6.07) is 12.7. The first-order valence-electron chi connectivity index (χ1n) is 8.52. The number of carbonyl (C=O) groups is 2. The molecular formula is C21H21ClN2O2. The summed E-state index contributed by atoms with van der Waals surface area (Å²) >= 11 is 5.97. The summed E-state index contributed by atoms with van der Waals surface area (Å²) in [5.74, 6) is -0.602. The fourth-order valence-corrected chi connectivity index (χ4v) is 3.23. The van der Waals surface area contributed by atoms with Crippen LogP contribution >= 0.6 is 11.6 Å². The lowest BCUT2D eigenvalue weighted by atomic mass is 10.0. The first-order chi connectivity index (χ1) is 12.3. The number of benzene rings is 2. The van der Waals surface area contributed by atoms with E-state index in [4.69, 9.17) is 11.6 Å². The maximum absolute atomic E-state index is 13.0. The predicted molar refractivity (Wildman–Crippen MR) is 105 cm³/mol. The molecule has 0 atom stereocenters. The van der Waals surface area contributed by atoms with Crippen LogP contribution in [-0.4, -0.2) is 22.8 Å². The molecule has 0 bridgehead atoms. The van der Waals surface area contributed by atoms with Gasteiger partial charge in [-0.15, -0.1) is 0 Å². The highest BCUT2D eigenvalue weighted by Gasteiger charge is 2.40. The maximum atomic E-state index is 13.0. The second kappa shape index (κ2) is 6.96. The van der Waals surface area contributed by atoms with E-state index < -0.39 is 0 Å². The molecule has 0 saturated carbocycles. The Balaban J connectivity index is 2.12. The van der Waals surface area contributed by atoms with Gasteiger partial charge in [-0.2, -0.15) is 0 Å². The Morgan fingerprint density at radius 2 is 1.62 bits per heavy atom. The number of nitrogens with one attached hydrogen (secondary N) is 1. The Kier molecular flexibility index (Phi) is 4.88. The summed E-state index contributed by atoms with van der Waals surface area (Å²) in [5.41, 5.74) is 4.30. The Hall–Kier alpha value is -2.59. The molecule has 2 aromatic rings. The average molecular weight is 369 g/mol. The molecule has 26 heavy (non-hydrogen) atoms. The monoisotopic (exact) mass is 368 g/mol. The number of anilines is 1. The zero-order valence-electron chi connectivity index (χ0n) is 15.3. The number of amides is 2. The van der Waals surface area contributed by atoms with E-state index in [1.807, 2.05) is 45.9 Å². The molecule has 0 saturated heterocycles. The van der Waals surface area contributed by atoms with Gasteiger partial charge in [0.25, 0.3) is 11.8 Å². The predicted octanol–water partition coefficient (Wildman–Crippen LogP) is 4.56. The van der Waals surface area contributed by atoms with Crippen LogP contribution in [0.2, 0.25) is 5.02 Å². The first kappa shape index (κ1) is 18.2. The molecule has 0 aromatic heterocycles. The molecular weight excluding hydrogens is 348 g/mol. The molecule has 1 heterocycles. The summed E-state index contributed by atoms with van der Waals surface area (Å²) in [6.45, 7) is 7.64. The normalized spacial score (nSPS) is 14.6. The Morgan fingerprint density at radius 1 is 0.962 bits per heavy atom. The molecule has 1 aliphatic rings. The van der Waals surface area contributed by atoms with Gasteiger partial charge < -0.3 is 5.32 Å². The molecule has 0 aliphatic carbocycles. The van der Waals surface area contributed by atoms with Crippen LogP contribution in [0.25, 0.3) is 5.57 Å². The Bertz CT molecular complexity index is 914. The van der Waals surface area contributed by atoms with Gasteiger partial charge in [-0.05, 0) is 57.0 Å². The fourth-order valence-electron chi connectivity index (χ4n) is 3.10. The van der Waals surface area contributed by atoms with Crippen LogP contribution in [0.3, 0.4) is 0 Å². The molecule has 3 rings (SSSR count). The highest BCUT2D eigenvalue weighted by molar-refractivity contribution is 6.37. The zero-order chi connectivity index (χ0) is 19.0. The molecule has 0 unspecified atom stereocenters. The highest BCUT2D eigenvalue weighted by atomic mass is 35.5. The number of rotatable bonds is 4. The van der Waals surface area contributed by atoms with Gasteiger partial charge in [0, 0.05) is 16.8 Å². The summed E-state index contributed by atoms with van der Waals surface area (Å²) in [7, 11) is 0. The lowest BCUT2D eigenvalue weighted by Crippen LogP contribution is -2.38. The van der Waals surface area contributed by atoms with Crippen molar-refractivity contribution in [1.29, 1.82) is 0 Å². The minimum absolute atomic E-state index is 0.226. The number of carbonyl (C=O) groups excluding carboxylic acids is 2. The molecule has 1 aliphatic heterocycles. The van der Waals surface area contributed by atoms with E-state index in [2.05, 4.69) is 5.32 Å². The molecule has 0 radical (unpaired) electrons. The van der Waals surface area contributed by atoms with Crippen LogP contribution in [0.1, 0.15) is 30.5 Å². The van der Waals surface area contributed by atoms with Crippen LogP contribution in [0.5, 0.6) is 0 Å². The summed E-state index contributed by atoms with van der Waals surface area (Å²) in [5, 5.41) is 3.78. The minimum atomic E-state index is -0.310. The van der Waals surface area contributed by atoms with Crippen molar-refractivity contribution >= 4 is 34.7 Å². The molecule has 134 valence electrons. The topological polar surface area (TPSA) is 49.4 Å².